The largest absolute Gasteiger partial charge is 0.496 e. The Morgan fingerprint density at radius 3 is 2.70 bits per heavy atom. The Kier molecular flexibility index (Phi) is 9.22. The molecule has 162 valence electrons. The molecule has 8 heteroatoms. The highest BCUT2D eigenvalue weighted by molar-refractivity contribution is 14.0. The molecular formula is C22H29IN4O3. The second-order valence-electron chi connectivity index (χ2n) is 6.99. The Morgan fingerprint density at radius 1 is 1.20 bits per heavy atom. The number of fused-ring (bicyclic) bond motifs is 1. The number of nitrogens with zero attached hydrogens (tertiary/aromatic N) is 2. The van der Waals surface area contributed by atoms with Gasteiger partial charge in [-0.15, -0.1) is 24.0 Å². The SMILES string of the molecule is COc1ccccc1CN=C(NCC(=O)N(C)C)NC1CCOc2ccccc21.I. The third-order valence-corrected chi connectivity index (χ3v) is 4.78. The highest BCUT2D eigenvalue weighted by Crippen LogP contribution is 2.31. The number of hydrogen-bond donors (Lipinski definition) is 2. The van der Waals surface area contributed by atoms with Crippen LogP contribution in [0.5, 0.6) is 11.5 Å². The average Bonchev–Trinajstić information content (AvgIpc) is 2.75. The van der Waals surface area contributed by atoms with E-state index in [4.69, 9.17) is 14.5 Å². The molecule has 3 rings (SSSR count). The normalized spacial score (nSPS) is 15.2. The number of carbonyl (C=O) groups is 1. The van der Waals surface area contributed by atoms with Gasteiger partial charge in [0, 0.05) is 31.6 Å². The van der Waals surface area contributed by atoms with E-state index in [1.807, 2.05) is 42.5 Å². The Labute approximate surface area is 194 Å². The molecule has 2 N–H and O–H groups in total. The van der Waals surface area contributed by atoms with Gasteiger partial charge in [-0.3, -0.25) is 4.79 Å². The zero-order valence-corrected chi connectivity index (χ0v) is 19.9. The van der Waals surface area contributed by atoms with E-state index in [1.165, 1.54) is 0 Å². The molecule has 0 saturated heterocycles. The number of ether oxygens (including phenoxy) is 2. The number of guanidine groups is 1. The zero-order chi connectivity index (χ0) is 20.6. The van der Waals surface area contributed by atoms with Gasteiger partial charge in [0.05, 0.1) is 32.8 Å². The van der Waals surface area contributed by atoms with Crippen molar-refractivity contribution < 1.29 is 14.3 Å². The molecule has 0 aliphatic carbocycles. The summed E-state index contributed by atoms with van der Waals surface area (Å²) in [4.78, 5) is 18.3. The summed E-state index contributed by atoms with van der Waals surface area (Å²) in [6.45, 7) is 1.22. The van der Waals surface area contributed by atoms with Crippen LogP contribution in [0.15, 0.2) is 53.5 Å². The minimum Gasteiger partial charge on any atom is -0.496 e. The van der Waals surface area contributed by atoms with Crippen molar-refractivity contribution in [2.24, 2.45) is 4.99 Å². The molecule has 0 fully saturated rings. The first-order chi connectivity index (χ1) is 14.1. The third kappa shape index (κ3) is 6.25. The Balaban J connectivity index is 0.00000320. The van der Waals surface area contributed by atoms with Gasteiger partial charge in [-0.25, -0.2) is 4.99 Å². The topological polar surface area (TPSA) is 75.2 Å². The first kappa shape index (κ1) is 23.8. The fourth-order valence-electron chi connectivity index (χ4n) is 3.12. The molecule has 1 unspecified atom stereocenters. The van der Waals surface area contributed by atoms with Gasteiger partial charge in [-0.2, -0.15) is 0 Å². The van der Waals surface area contributed by atoms with E-state index in [-0.39, 0.29) is 42.5 Å². The molecule has 30 heavy (non-hydrogen) atoms. The first-order valence-corrected chi connectivity index (χ1v) is 9.67. The number of likely N-dealkylation sites (N-methyl/N-ethyl adjacent to an activating group) is 1. The maximum atomic E-state index is 12.1. The van der Waals surface area contributed by atoms with Gasteiger partial charge in [0.2, 0.25) is 5.91 Å². The number of rotatable bonds is 6. The van der Waals surface area contributed by atoms with Crippen molar-refractivity contribution in [2.75, 3.05) is 34.4 Å². The van der Waals surface area contributed by atoms with Gasteiger partial charge in [-0.05, 0) is 12.1 Å². The number of nitrogens with one attached hydrogen (secondary N) is 2. The summed E-state index contributed by atoms with van der Waals surface area (Å²) in [5.41, 5.74) is 2.06. The van der Waals surface area contributed by atoms with E-state index in [0.29, 0.717) is 19.1 Å². The lowest BCUT2D eigenvalue weighted by molar-refractivity contribution is -0.127. The van der Waals surface area contributed by atoms with Crippen LogP contribution in [0.4, 0.5) is 0 Å². The molecule has 7 nitrogen and oxygen atoms in total. The van der Waals surface area contributed by atoms with Crippen molar-refractivity contribution in [1.82, 2.24) is 15.5 Å². The molecule has 1 amide bonds. The molecule has 0 bridgehead atoms. The second kappa shape index (κ2) is 11.6. The Morgan fingerprint density at radius 2 is 1.93 bits per heavy atom. The fourth-order valence-corrected chi connectivity index (χ4v) is 3.12. The number of carbonyl (C=O) groups excluding carboxylic acids is 1. The smallest absolute Gasteiger partial charge is 0.241 e. The number of halogens is 1. The summed E-state index contributed by atoms with van der Waals surface area (Å²) in [6.07, 6.45) is 0.813. The Hall–Kier alpha value is -2.49. The maximum Gasteiger partial charge on any atom is 0.241 e. The molecule has 2 aromatic carbocycles. The van der Waals surface area contributed by atoms with Gasteiger partial charge >= 0.3 is 0 Å². The number of methoxy groups -OCH3 is 1. The van der Waals surface area contributed by atoms with Gasteiger partial charge in [-0.1, -0.05) is 36.4 Å². The van der Waals surface area contributed by atoms with Crippen LogP contribution in [0.3, 0.4) is 0 Å². The van der Waals surface area contributed by atoms with Crippen LogP contribution in [-0.4, -0.2) is 51.1 Å². The average molecular weight is 524 g/mol. The van der Waals surface area contributed by atoms with Crippen LogP contribution in [-0.2, 0) is 11.3 Å². The lowest BCUT2D eigenvalue weighted by Gasteiger charge is -2.28. The van der Waals surface area contributed by atoms with Crippen molar-refractivity contribution >= 4 is 35.8 Å². The number of benzene rings is 2. The maximum absolute atomic E-state index is 12.1. The molecule has 1 aliphatic heterocycles. The molecule has 1 aliphatic rings. The summed E-state index contributed by atoms with van der Waals surface area (Å²) in [5, 5.41) is 6.61. The number of amides is 1. The fraction of sp³-hybridized carbons (Fsp3) is 0.364. The van der Waals surface area contributed by atoms with Crippen molar-refractivity contribution in [3.05, 3.63) is 59.7 Å². The number of hydrogen-bond acceptors (Lipinski definition) is 4. The van der Waals surface area contributed by atoms with E-state index >= 15 is 0 Å². The molecular weight excluding hydrogens is 495 g/mol. The molecule has 1 atom stereocenters. The Bertz CT molecular complexity index is 873. The van der Waals surface area contributed by atoms with E-state index in [2.05, 4.69) is 16.7 Å². The standard InChI is InChI=1S/C22H28N4O3.HI/c1-26(2)21(27)15-24-22(23-14-16-8-4-6-10-19(16)28-3)25-18-12-13-29-20-11-7-5-9-17(18)20;/h4-11,18H,12-15H2,1-3H3,(H2,23,24,25);1H. The van der Waals surface area contributed by atoms with Crippen molar-refractivity contribution in [3.8, 4) is 11.5 Å². The first-order valence-electron chi connectivity index (χ1n) is 9.67. The van der Waals surface area contributed by atoms with Gasteiger partial charge in [0.15, 0.2) is 5.96 Å². The van der Waals surface area contributed by atoms with E-state index in [9.17, 15) is 4.79 Å². The van der Waals surface area contributed by atoms with Crippen molar-refractivity contribution in [2.45, 2.75) is 19.0 Å². The molecule has 2 aromatic rings. The van der Waals surface area contributed by atoms with E-state index in [0.717, 1.165) is 29.0 Å². The predicted molar refractivity (Wildman–Crippen MR) is 129 cm³/mol. The monoisotopic (exact) mass is 524 g/mol. The second-order valence-corrected chi connectivity index (χ2v) is 6.99. The minimum atomic E-state index is -0.0239. The van der Waals surface area contributed by atoms with Crippen LogP contribution in [0.2, 0.25) is 0 Å². The van der Waals surface area contributed by atoms with Crippen molar-refractivity contribution in [1.29, 1.82) is 0 Å². The van der Waals surface area contributed by atoms with Crippen LogP contribution in [0, 0.1) is 0 Å². The number of para-hydroxylation sites is 2. The van der Waals surface area contributed by atoms with Gasteiger partial charge < -0.3 is 25.0 Å². The summed E-state index contributed by atoms with van der Waals surface area (Å²) in [7, 11) is 5.12. The van der Waals surface area contributed by atoms with Crippen LogP contribution in [0.1, 0.15) is 23.6 Å². The lowest BCUT2D eigenvalue weighted by atomic mass is 10.0. The highest BCUT2D eigenvalue weighted by atomic mass is 127. The molecule has 0 spiro atoms. The molecule has 0 aromatic heterocycles. The lowest BCUT2D eigenvalue weighted by Crippen LogP contribution is -2.45. The van der Waals surface area contributed by atoms with Gasteiger partial charge in [0.25, 0.3) is 0 Å². The highest BCUT2D eigenvalue weighted by Gasteiger charge is 2.22. The van der Waals surface area contributed by atoms with E-state index < -0.39 is 0 Å². The van der Waals surface area contributed by atoms with Gasteiger partial charge in [0.1, 0.15) is 11.5 Å². The van der Waals surface area contributed by atoms with Crippen LogP contribution < -0.4 is 20.1 Å². The van der Waals surface area contributed by atoms with E-state index in [1.54, 1.807) is 26.1 Å². The summed E-state index contributed by atoms with van der Waals surface area (Å²) < 4.78 is 11.2. The third-order valence-electron chi connectivity index (χ3n) is 4.78. The summed E-state index contributed by atoms with van der Waals surface area (Å²) in [6, 6.07) is 15.8. The molecule has 0 radical (unpaired) electrons. The number of aliphatic imine (C=N–C) groups is 1. The van der Waals surface area contributed by atoms with Crippen LogP contribution >= 0.6 is 24.0 Å². The molecule has 0 saturated carbocycles. The van der Waals surface area contributed by atoms with Crippen molar-refractivity contribution in [3.63, 3.8) is 0 Å². The quantitative estimate of drug-likeness (QED) is 0.346. The van der Waals surface area contributed by atoms with Crippen LogP contribution in [0.25, 0.3) is 0 Å². The summed E-state index contributed by atoms with van der Waals surface area (Å²) in [5.74, 6) is 2.22. The summed E-state index contributed by atoms with van der Waals surface area (Å²) >= 11 is 0. The predicted octanol–water partition coefficient (Wildman–Crippen LogP) is 2.96. The molecule has 1 heterocycles. The minimum absolute atomic E-state index is 0. The zero-order valence-electron chi connectivity index (χ0n) is 17.6.